The first-order valence-corrected chi connectivity index (χ1v) is 7.44. The van der Waals surface area contributed by atoms with Crippen LogP contribution in [0, 0.1) is 0 Å². The van der Waals surface area contributed by atoms with Gasteiger partial charge in [0.1, 0.15) is 0 Å². The van der Waals surface area contributed by atoms with E-state index >= 15 is 0 Å². The molecule has 0 aromatic carbocycles. The van der Waals surface area contributed by atoms with E-state index in [4.69, 9.17) is 4.74 Å². The molecule has 8 heteroatoms. The average molecular weight is 302 g/mol. The largest absolute Gasteiger partial charge is 0.385 e. The number of H-pyrrole nitrogens is 1. The predicted molar refractivity (Wildman–Crippen MR) is 77.9 cm³/mol. The van der Waals surface area contributed by atoms with Gasteiger partial charge in [-0.1, -0.05) is 11.8 Å². The molecular weight excluding hydrogens is 280 g/mol. The molecule has 1 aromatic rings. The molecule has 0 unspecified atom stereocenters. The summed E-state index contributed by atoms with van der Waals surface area (Å²) in [4.78, 5) is 23.5. The first-order chi connectivity index (χ1) is 9.45. The smallest absolute Gasteiger partial charge is 0.343 e. The molecule has 1 aromatic heterocycles. The minimum Gasteiger partial charge on any atom is -0.385 e. The van der Waals surface area contributed by atoms with E-state index in [9.17, 15) is 9.59 Å². The number of carbonyl (C=O) groups is 1. The van der Waals surface area contributed by atoms with Gasteiger partial charge < -0.3 is 10.1 Å². The van der Waals surface area contributed by atoms with Crippen LogP contribution in [-0.2, 0) is 16.1 Å². The third kappa shape index (κ3) is 5.01. The predicted octanol–water partition coefficient (Wildman–Crippen LogP) is 0.613. The number of rotatable bonds is 8. The van der Waals surface area contributed by atoms with Crippen LogP contribution in [0.5, 0.6) is 0 Å². The van der Waals surface area contributed by atoms with Gasteiger partial charge in [0.05, 0.1) is 5.25 Å². The lowest BCUT2D eigenvalue weighted by molar-refractivity contribution is -0.120. The summed E-state index contributed by atoms with van der Waals surface area (Å²) in [5, 5.41) is 9.43. The van der Waals surface area contributed by atoms with Crippen molar-refractivity contribution in [1.82, 2.24) is 20.1 Å². The molecule has 0 aliphatic rings. The van der Waals surface area contributed by atoms with Gasteiger partial charge in [0.2, 0.25) is 5.91 Å². The Labute approximate surface area is 122 Å². The van der Waals surface area contributed by atoms with Crippen LogP contribution < -0.4 is 11.0 Å². The Morgan fingerprint density at radius 2 is 2.20 bits per heavy atom. The Balaban J connectivity index is 2.67. The molecule has 1 amide bonds. The third-order valence-corrected chi connectivity index (χ3v) is 3.63. The molecule has 0 spiro atoms. The van der Waals surface area contributed by atoms with Crippen molar-refractivity contribution < 1.29 is 9.53 Å². The fourth-order valence-corrected chi connectivity index (χ4v) is 2.46. The second-order valence-electron chi connectivity index (χ2n) is 4.73. The SMILES string of the molecule is COCCCn1c(S[C@H](C)C(=O)NC(C)C)n[nH]c1=O. The minimum absolute atomic E-state index is 0.0658. The Hall–Kier alpha value is -1.28. The van der Waals surface area contributed by atoms with Crippen molar-refractivity contribution >= 4 is 17.7 Å². The Morgan fingerprint density at radius 3 is 2.80 bits per heavy atom. The van der Waals surface area contributed by atoms with Crippen LogP contribution in [0.3, 0.4) is 0 Å². The molecule has 0 saturated carbocycles. The standard InChI is InChI=1S/C12H22N4O3S/c1-8(2)13-10(17)9(3)20-12-15-14-11(18)16(12)6-5-7-19-4/h8-9H,5-7H2,1-4H3,(H,13,17)(H,14,18)/t9-/m1/s1. The van der Waals surface area contributed by atoms with Crippen LogP contribution >= 0.6 is 11.8 Å². The van der Waals surface area contributed by atoms with E-state index in [1.165, 1.54) is 16.3 Å². The summed E-state index contributed by atoms with van der Waals surface area (Å²) < 4.78 is 6.50. The van der Waals surface area contributed by atoms with Gasteiger partial charge in [-0.15, -0.1) is 5.10 Å². The molecule has 0 aliphatic carbocycles. The molecule has 2 N–H and O–H groups in total. The van der Waals surface area contributed by atoms with Crippen LogP contribution in [0.15, 0.2) is 9.95 Å². The van der Waals surface area contributed by atoms with Gasteiger partial charge in [-0.25, -0.2) is 9.89 Å². The van der Waals surface area contributed by atoms with Gasteiger partial charge in [0.15, 0.2) is 5.16 Å². The highest BCUT2D eigenvalue weighted by Gasteiger charge is 2.19. The number of amides is 1. The lowest BCUT2D eigenvalue weighted by Gasteiger charge is -2.14. The van der Waals surface area contributed by atoms with Crippen molar-refractivity contribution in [3.63, 3.8) is 0 Å². The van der Waals surface area contributed by atoms with Crippen LogP contribution in [0.4, 0.5) is 0 Å². The monoisotopic (exact) mass is 302 g/mol. The van der Waals surface area contributed by atoms with Gasteiger partial charge in [0, 0.05) is 26.3 Å². The zero-order valence-corrected chi connectivity index (χ0v) is 13.1. The van der Waals surface area contributed by atoms with Gasteiger partial charge in [-0.3, -0.25) is 9.36 Å². The van der Waals surface area contributed by atoms with Crippen molar-refractivity contribution in [2.24, 2.45) is 0 Å². The highest BCUT2D eigenvalue weighted by molar-refractivity contribution is 8.00. The van der Waals surface area contributed by atoms with E-state index in [-0.39, 0.29) is 22.9 Å². The van der Waals surface area contributed by atoms with E-state index < -0.39 is 0 Å². The molecular formula is C12H22N4O3S. The summed E-state index contributed by atoms with van der Waals surface area (Å²) in [5.41, 5.74) is -0.264. The second-order valence-corrected chi connectivity index (χ2v) is 6.04. The summed E-state index contributed by atoms with van der Waals surface area (Å²) >= 11 is 1.27. The van der Waals surface area contributed by atoms with E-state index in [1.807, 2.05) is 13.8 Å². The molecule has 7 nitrogen and oxygen atoms in total. The highest BCUT2D eigenvalue weighted by atomic mass is 32.2. The molecule has 1 heterocycles. The summed E-state index contributed by atoms with van der Waals surface area (Å²) in [6.07, 6.45) is 0.718. The molecule has 1 atom stereocenters. The number of hydrogen-bond donors (Lipinski definition) is 2. The first-order valence-electron chi connectivity index (χ1n) is 6.57. The Morgan fingerprint density at radius 1 is 1.50 bits per heavy atom. The fraction of sp³-hybridized carbons (Fsp3) is 0.750. The fourth-order valence-electron chi connectivity index (χ4n) is 1.57. The van der Waals surface area contributed by atoms with Crippen LogP contribution in [0.25, 0.3) is 0 Å². The maximum Gasteiger partial charge on any atom is 0.343 e. The lowest BCUT2D eigenvalue weighted by atomic mass is 10.3. The molecule has 20 heavy (non-hydrogen) atoms. The number of thioether (sulfide) groups is 1. The van der Waals surface area contributed by atoms with Crippen molar-refractivity contribution in [1.29, 1.82) is 0 Å². The lowest BCUT2D eigenvalue weighted by Crippen LogP contribution is -2.36. The van der Waals surface area contributed by atoms with Crippen molar-refractivity contribution in [2.75, 3.05) is 13.7 Å². The van der Waals surface area contributed by atoms with E-state index in [2.05, 4.69) is 15.5 Å². The summed E-state index contributed by atoms with van der Waals surface area (Å²) in [6.45, 7) is 6.70. The number of aromatic amines is 1. The van der Waals surface area contributed by atoms with Crippen molar-refractivity contribution in [2.45, 2.75) is 50.2 Å². The zero-order valence-electron chi connectivity index (χ0n) is 12.3. The number of aromatic nitrogens is 3. The van der Waals surface area contributed by atoms with Crippen LogP contribution in [0.2, 0.25) is 0 Å². The number of nitrogens with zero attached hydrogens (tertiary/aromatic N) is 2. The topological polar surface area (TPSA) is 89.0 Å². The average Bonchev–Trinajstić information content (AvgIpc) is 2.70. The van der Waals surface area contributed by atoms with Crippen molar-refractivity contribution in [3.05, 3.63) is 10.5 Å². The highest BCUT2D eigenvalue weighted by Crippen LogP contribution is 2.20. The summed E-state index contributed by atoms with van der Waals surface area (Å²) in [7, 11) is 1.62. The van der Waals surface area contributed by atoms with Gasteiger partial charge in [-0.05, 0) is 27.2 Å². The van der Waals surface area contributed by atoms with E-state index in [0.29, 0.717) is 18.3 Å². The third-order valence-electron chi connectivity index (χ3n) is 2.54. The van der Waals surface area contributed by atoms with Gasteiger partial charge in [-0.2, -0.15) is 0 Å². The summed E-state index contributed by atoms with van der Waals surface area (Å²) in [6, 6.07) is 0.0913. The maximum absolute atomic E-state index is 11.9. The molecule has 1 rings (SSSR count). The van der Waals surface area contributed by atoms with E-state index in [1.54, 1.807) is 14.0 Å². The normalized spacial score (nSPS) is 12.7. The molecule has 0 fully saturated rings. The Kier molecular flexibility index (Phi) is 6.80. The number of methoxy groups -OCH3 is 1. The number of hydrogen-bond acceptors (Lipinski definition) is 5. The van der Waals surface area contributed by atoms with Crippen LogP contribution in [0.1, 0.15) is 27.2 Å². The van der Waals surface area contributed by atoms with E-state index in [0.717, 1.165) is 6.42 Å². The molecule has 0 bridgehead atoms. The van der Waals surface area contributed by atoms with Gasteiger partial charge in [0.25, 0.3) is 0 Å². The molecule has 114 valence electrons. The quantitative estimate of drug-likeness (QED) is 0.542. The Bertz CT molecular complexity index is 483. The molecule has 0 radical (unpaired) electrons. The van der Waals surface area contributed by atoms with Crippen LogP contribution in [-0.4, -0.2) is 45.7 Å². The van der Waals surface area contributed by atoms with Gasteiger partial charge >= 0.3 is 5.69 Å². The number of nitrogens with one attached hydrogen (secondary N) is 2. The minimum atomic E-state index is -0.311. The molecule has 0 saturated heterocycles. The second kappa shape index (κ2) is 8.11. The zero-order chi connectivity index (χ0) is 15.1. The maximum atomic E-state index is 11.9. The van der Waals surface area contributed by atoms with Crippen molar-refractivity contribution in [3.8, 4) is 0 Å². The first kappa shape index (κ1) is 16.8. The number of carbonyl (C=O) groups excluding carboxylic acids is 1. The molecule has 0 aliphatic heterocycles. The number of ether oxygens (including phenoxy) is 1. The summed E-state index contributed by atoms with van der Waals surface area (Å²) in [5.74, 6) is -0.0658.